The second-order valence-electron chi connectivity index (χ2n) is 3.71. The number of aliphatic carboxylic acids is 1. The van der Waals surface area contributed by atoms with Crippen molar-refractivity contribution in [3.05, 3.63) is 29.6 Å². The monoisotopic (exact) mass is 263 g/mol. The van der Waals surface area contributed by atoms with Gasteiger partial charge in [-0.1, -0.05) is 0 Å². The number of methoxy groups -OCH3 is 1. The summed E-state index contributed by atoms with van der Waals surface area (Å²) in [6, 6.07) is 4.80. The summed E-state index contributed by atoms with van der Waals surface area (Å²) in [5.74, 6) is -1.45. The molecule has 7 heteroatoms. The molecule has 1 amide bonds. The molecule has 0 saturated heterocycles. The second kappa shape index (κ2) is 7.08. The van der Waals surface area contributed by atoms with Crippen molar-refractivity contribution >= 4 is 11.9 Å². The first-order valence-electron chi connectivity index (χ1n) is 5.45. The van der Waals surface area contributed by atoms with E-state index in [0.717, 1.165) is 0 Å². The highest BCUT2D eigenvalue weighted by molar-refractivity contribution is 5.92. The highest BCUT2D eigenvalue weighted by Crippen LogP contribution is 2.00. The molecule has 1 atom stereocenters. The Hall–Kier alpha value is -2.46. The van der Waals surface area contributed by atoms with Crippen molar-refractivity contribution in [2.75, 3.05) is 13.7 Å². The fraction of sp³-hybridized carbons (Fsp3) is 0.333. The number of carbonyl (C=O) groups excluding carboxylic acids is 1. The van der Waals surface area contributed by atoms with Crippen molar-refractivity contribution in [2.24, 2.45) is 0 Å². The van der Waals surface area contributed by atoms with Gasteiger partial charge in [-0.25, -0.2) is 4.98 Å². The molecule has 0 fully saturated rings. The molecular formula is C12H13N3O4. The number of hydrogen-bond acceptors (Lipinski definition) is 5. The fourth-order valence-corrected chi connectivity index (χ4v) is 1.33. The Labute approximate surface area is 109 Å². The molecule has 1 aromatic heterocycles. The number of nitrogens with one attached hydrogen (secondary N) is 1. The summed E-state index contributed by atoms with van der Waals surface area (Å²) < 4.78 is 4.92. The van der Waals surface area contributed by atoms with E-state index in [1.54, 1.807) is 0 Å². The van der Waals surface area contributed by atoms with E-state index < -0.39 is 18.0 Å². The maximum atomic E-state index is 11.7. The van der Waals surface area contributed by atoms with Gasteiger partial charge in [0.1, 0.15) is 11.8 Å². The molecule has 0 radical (unpaired) electrons. The van der Waals surface area contributed by atoms with Crippen LogP contribution < -0.4 is 5.32 Å². The Morgan fingerprint density at radius 3 is 2.79 bits per heavy atom. The highest BCUT2D eigenvalue weighted by atomic mass is 16.5. The third-order valence-corrected chi connectivity index (χ3v) is 2.35. The Morgan fingerprint density at radius 1 is 1.58 bits per heavy atom. The first-order valence-corrected chi connectivity index (χ1v) is 5.45. The van der Waals surface area contributed by atoms with Gasteiger partial charge in [0.05, 0.1) is 18.1 Å². The molecule has 100 valence electrons. The molecule has 0 saturated carbocycles. The molecule has 7 nitrogen and oxygen atoms in total. The van der Waals surface area contributed by atoms with Crippen LogP contribution in [0.5, 0.6) is 0 Å². The van der Waals surface area contributed by atoms with Crippen LogP contribution >= 0.6 is 0 Å². The van der Waals surface area contributed by atoms with Crippen molar-refractivity contribution in [2.45, 2.75) is 12.5 Å². The Morgan fingerprint density at radius 2 is 2.32 bits per heavy atom. The quantitative estimate of drug-likeness (QED) is 0.756. The number of ether oxygens (including phenoxy) is 1. The maximum absolute atomic E-state index is 11.7. The van der Waals surface area contributed by atoms with E-state index in [1.807, 2.05) is 6.07 Å². The number of rotatable bonds is 6. The van der Waals surface area contributed by atoms with Crippen molar-refractivity contribution in [1.29, 1.82) is 5.26 Å². The predicted octanol–water partition coefficient (Wildman–Crippen LogP) is 0.173. The molecule has 0 spiro atoms. The Kier molecular flexibility index (Phi) is 5.44. The molecule has 1 heterocycles. The van der Waals surface area contributed by atoms with Crippen LogP contribution in [0.15, 0.2) is 18.3 Å². The summed E-state index contributed by atoms with van der Waals surface area (Å²) in [5.41, 5.74) is 0.515. The van der Waals surface area contributed by atoms with Crippen LogP contribution in [0.2, 0.25) is 0 Å². The van der Waals surface area contributed by atoms with Gasteiger partial charge in [-0.05, 0) is 12.1 Å². The minimum absolute atomic E-state index is 0.0727. The lowest BCUT2D eigenvalue weighted by molar-refractivity contribution is -0.139. The van der Waals surface area contributed by atoms with Crippen molar-refractivity contribution in [3.63, 3.8) is 0 Å². The number of hydrogen-bond donors (Lipinski definition) is 2. The Bertz CT molecular complexity index is 493. The van der Waals surface area contributed by atoms with Gasteiger partial charge in [0.2, 0.25) is 0 Å². The average molecular weight is 263 g/mol. The molecule has 1 aromatic rings. The summed E-state index contributed by atoms with van der Waals surface area (Å²) in [7, 11) is 1.37. The van der Waals surface area contributed by atoms with E-state index in [0.29, 0.717) is 5.56 Å². The van der Waals surface area contributed by atoms with Crippen LogP contribution in [0.25, 0.3) is 0 Å². The first-order chi connectivity index (χ1) is 9.06. The summed E-state index contributed by atoms with van der Waals surface area (Å²) in [6.07, 6.45) is 0.497. The van der Waals surface area contributed by atoms with Crippen molar-refractivity contribution < 1.29 is 19.4 Å². The lowest BCUT2D eigenvalue weighted by Gasteiger charge is -2.13. The van der Waals surface area contributed by atoms with E-state index in [2.05, 4.69) is 10.3 Å². The zero-order chi connectivity index (χ0) is 14.3. The van der Waals surface area contributed by atoms with Gasteiger partial charge >= 0.3 is 5.97 Å². The summed E-state index contributed by atoms with van der Waals surface area (Å²) >= 11 is 0. The van der Waals surface area contributed by atoms with E-state index in [9.17, 15) is 9.59 Å². The van der Waals surface area contributed by atoms with Crippen LogP contribution in [0, 0.1) is 11.3 Å². The molecule has 0 aromatic carbocycles. The van der Waals surface area contributed by atoms with E-state index in [4.69, 9.17) is 15.1 Å². The number of aromatic nitrogens is 1. The number of amides is 1. The standard InChI is InChI=1S/C12H13N3O4/c1-19-9(4-11(16)17)7-15-12(18)10-3-2-8(5-13)6-14-10/h2-3,6,9H,4,7H2,1H3,(H,15,18)(H,16,17). The van der Waals surface area contributed by atoms with Crippen LogP contribution in [0.1, 0.15) is 22.5 Å². The molecule has 0 bridgehead atoms. The second-order valence-corrected chi connectivity index (χ2v) is 3.71. The zero-order valence-electron chi connectivity index (χ0n) is 10.3. The van der Waals surface area contributed by atoms with Crippen LogP contribution in [0.3, 0.4) is 0 Å². The van der Waals surface area contributed by atoms with Gasteiger partial charge in [0.15, 0.2) is 0 Å². The van der Waals surface area contributed by atoms with Crippen molar-refractivity contribution in [1.82, 2.24) is 10.3 Å². The van der Waals surface area contributed by atoms with Gasteiger partial charge in [0.25, 0.3) is 5.91 Å². The zero-order valence-corrected chi connectivity index (χ0v) is 10.3. The minimum Gasteiger partial charge on any atom is -0.481 e. The molecule has 19 heavy (non-hydrogen) atoms. The lowest BCUT2D eigenvalue weighted by Crippen LogP contribution is -2.34. The van der Waals surface area contributed by atoms with E-state index in [1.165, 1.54) is 25.4 Å². The van der Waals surface area contributed by atoms with Crippen LogP contribution in [-0.4, -0.2) is 41.7 Å². The van der Waals surface area contributed by atoms with Crippen LogP contribution in [-0.2, 0) is 9.53 Å². The average Bonchev–Trinajstić information content (AvgIpc) is 2.42. The normalized spacial score (nSPS) is 11.4. The number of carbonyl (C=O) groups is 2. The maximum Gasteiger partial charge on any atom is 0.306 e. The first kappa shape index (κ1) is 14.6. The lowest BCUT2D eigenvalue weighted by atomic mass is 10.2. The molecule has 1 unspecified atom stereocenters. The minimum atomic E-state index is -1.00. The molecule has 0 aliphatic carbocycles. The SMILES string of the molecule is COC(CNC(=O)c1ccc(C#N)cn1)CC(=O)O. The molecule has 0 aliphatic rings. The van der Waals surface area contributed by atoms with Gasteiger partial charge in [-0.2, -0.15) is 5.26 Å². The van der Waals surface area contributed by atoms with Crippen LogP contribution in [0.4, 0.5) is 0 Å². The number of nitriles is 1. The molecule has 2 N–H and O–H groups in total. The smallest absolute Gasteiger partial charge is 0.306 e. The fourth-order valence-electron chi connectivity index (χ4n) is 1.33. The molecule has 1 rings (SSSR count). The highest BCUT2D eigenvalue weighted by Gasteiger charge is 2.14. The predicted molar refractivity (Wildman–Crippen MR) is 64.3 cm³/mol. The summed E-state index contributed by atoms with van der Waals surface area (Å²) in [6.45, 7) is 0.0727. The topological polar surface area (TPSA) is 112 Å². The summed E-state index contributed by atoms with van der Waals surface area (Å²) in [5, 5.41) is 19.7. The van der Waals surface area contributed by atoms with Crippen molar-refractivity contribution in [3.8, 4) is 6.07 Å². The third-order valence-electron chi connectivity index (χ3n) is 2.35. The van der Waals surface area contributed by atoms with Gasteiger partial charge < -0.3 is 15.2 Å². The van der Waals surface area contributed by atoms with Gasteiger partial charge in [-0.3, -0.25) is 9.59 Å². The van der Waals surface area contributed by atoms with Gasteiger partial charge in [0, 0.05) is 19.9 Å². The van der Waals surface area contributed by atoms with Gasteiger partial charge in [-0.15, -0.1) is 0 Å². The third kappa shape index (κ3) is 4.73. The number of nitrogens with zero attached hydrogens (tertiary/aromatic N) is 2. The largest absolute Gasteiger partial charge is 0.481 e. The number of carboxylic acids is 1. The summed E-state index contributed by atoms with van der Waals surface area (Å²) in [4.78, 5) is 26.0. The number of carboxylic acid groups (broad SMARTS) is 1. The molecule has 0 aliphatic heterocycles. The number of pyridine rings is 1. The van der Waals surface area contributed by atoms with E-state index >= 15 is 0 Å². The van der Waals surface area contributed by atoms with E-state index in [-0.39, 0.29) is 18.7 Å². The Balaban J connectivity index is 2.54. The molecular weight excluding hydrogens is 250 g/mol.